The van der Waals surface area contributed by atoms with Crippen LogP contribution in [0.15, 0.2) is 48.5 Å². The third-order valence-corrected chi connectivity index (χ3v) is 4.53. The standard InChI is InChI=1S/C20H18N2O3/c1-24-16-8-6-13(7-9-16)20(23)22-11-10-15-12-14-4-3-5-17(25-2)18(14)21-19(15)22/h3-9,12H,10-11H2,1-2H3. The van der Waals surface area contributed by atoms with Crippen LogP contribution in [0.4, 0.5) is 5.82 Å². The highest BCUT2D eigenvalue weighted by Crippen LogP contribution is 2.33. The van der Waals surface area contributed by atoms with Crippen molar-refractivity contribution >= 4 is 22.6 Å². The molecule has 4 rings (SSSR count). The lowest BCUT2D eigenvalue weighted by Gasteiger charge is -2.17. The summed E-state index contributed by atoms with van der Waals surface area (Å²) in [4.78, 5) is 19.4. The molecule has 1 aromatic heterocycles. The van der Waals surface area contributed by atoms with Gasteiger partial charge >= 0.3 is 0 Å². The van der Waals surface area contributed by atoms with Crippen molar-refractivity contribution in [2.45, 2.75) is 6.42 Å². The Kier molecular flexibility index (Phi) is 3.76. The fraction of sp³-hybridized carbons (Fsp3) is 0.200. The third kappa shape index (κ3) is 2.58. The molecule has 0 fully saturated rings. The molecule has 1 aliphatic heterocycles. The molecule has 0 N–H and O–H groups in total. The molecule has 126 valence electrons. The maximum atomic E-state index is 12.9. The monoisotopic (exact) mass is 334 g/mol. The minimum atomic E-state index is -0.0526. The van der Waals surface area contributed by atoms with Gasteiger partial charge in [0.1, 0.15) is 22.8 Å². The third-order valence-electron chi connectivity index (χ3n) is 4.53. The summed E-state index contributed by atoms with van der Waals surface area (Å²) >= 11 is 0. The van der Waals surface area contributed by atoms with Crippen LogP contribution in [0.2, 0.25) is 0 Å². The Morgan fingerprint density at radius 3 is 2.60 bits per heavy atom. The average Bonchev–Trinajstić information content (AvgIpc) is 3.08. The zero-order chi connectivity index (χ0) is 17.4. The van der Waals surface area contributed by atoms with Crippen LogP contribution in [0.25, 0.3) is 10.9 Å². The van der Waals surface area contributed by atoms with Gasteiger partial charge < -0.3 is 9.47 Å². The summed E-state index contributed by atoms with van der Waals surface area (Å²) in [5, 5.41) is 1.02. The number of para-hydroxylation sites is 1. The summed E-state index contributed by atoms with van der Waals surface area (Å²) in [5.74, 6) is 2.11. The molecule has 1 amide bonds. The van der Waals surface area contributed by atoms with E-state index < -0.39 is 0 Å². The number of benzene rings is 2. The van der Waals surface area contributed by atoms with Crippen molar-refractivity contribution in [1.29, 1.82) is 0 Å². The van der Waals surface area contributed by atoms with E-state index in [9.17, 15) is 4.79 Å². The Hall–Kier alpha value is -3.08. The minimum Gasteiger partial charge on any atom is -0.497 e. The number of carbonyl (C=O) groups is 1. The van der Waals surface area contributed by atoms with Crippen molar-refractivity contribution in [3.8, 4) is 11.5 Å². The van der Waals surface area contributed by atoms with E-state index in [-0.39, 0.29) is 5.91 Å². The number of methoxy groups -OCH3 is 2. The summed E-state index contributed by atoms with van der Waals surface area (Å²) in [6, 6.07) is 15.1. The summed E-state index contributed by atoms with van der Waals surface area (Å²) in [5.41, 5.74) is 2.48. The fourth-order valence-electron chi connectivity index (χ4n) is 3.21. The summed E-state index contributed by atoms with van der Waals surface area (Å²) < 4.78 is 10.6. The van der Waals surface area contributed by atoms with Gasteiger partial charge in [0, 0.05) is 17.5 Å². The van der Waals surface area contributed by atoms with E-state index in [1.54, 1.807) is 43.4 Å². The summed E-state index contributed by atoms with van der Waals surface area (Å²) in [6.45, 7) is 0.631. The number of nitrogens with zero attached hydrogens (tertiary/aromatic N) is 2. The van der Waals surface area contributed by atoms with Crippen LogP contribution in [0.1, 0.15) is 15.9 Å². The molecule has 2 aromatic carbocycles. The van der Waals surface area contributed by atoms with Crippen LogP contribution in [-0.4, -0.2) is 31.7 Å². The Morgan fingerprint density at radius 2 is 1.88 bits per heavy atom. The van der Waals surface area contributed by atoms with Crippen molar-refractivity contribution < 1.29 is 14.3 Å². The first-order valence-corrected chi connectivity index (χ1v) is 8.14. The van der Waals surface area contributed by atoms with Crippen molar-refractivity contribution in [1.82, 2.24) is 4.98 Å². The molecule has 0 bridgehead atoms. The summed E-state index contributed by atoms with van der Waals surface area (Å²) in [6.07, 6.45) is 0.803. The number of rotatable bonds is 3. The van der Waals surface area contributed by atoms with Crippen molar-refractivity contribution in [3.05, 3.63) is 59.7 Å². The van der Waals surface area contributed by atoms with Gasteiger partial charge in [0.25, 0.3) is 5.91 Å². The van der Waals surface area contributed by atoms with Crippen LogP contribution in [-0.2, 0) is 6.42 Å². The quantitative estimate of drug-likeness (QED) is 0.736. The van der Waals surface area contributed by atoms with Crippen LogP contribution in [0.5, 0.6) is 11.5 Å². The van der Waals surface area contributed by atoms with E-state index in [0.717, 1.165) is 34.5 Å². The fourth-order valence-corrected chi connectivity index (χ4v) is 3.21. The number of hydrogen-bond donors (Lipinski definition) is 0. The van der Waals surface area contributed by atoms with Gasteiger partial charge in [-0.3, -0.25) is 9.69 Å². The van der Waals surface area contributed by atoms with Crippen molar-refractivity contribution in [2.24, 2.45) is 0 Å². The van der Waals surface area contributed by atoms with Crippen LogP contribution in [0.3, 0.4) is 0 Å². The molecule has 1 aliphatic rings. The van der Waals surface area contributed by atoms with Gasteiger partial charge in [-0.2, -0.15) is 0 Å². The average molecular weight is 334 g/mol. The number of hydrogen-bond acceptors (Lipinski definition) is 4. The molecular weight excluding hydrogens is 316 g/mol. The molecule has 0 radical (unpaired) electrons. The molecule has 0 saturated heterocycles. The van der Waals surface area contributed by atoms with Gasteiger partial charge in [0.05, 0.1) is 14.2 Å². The van der Waals surface area contributed by atoms with Gasteiger partial charge in [-0.25, -0.2) is 4.98 Å². The Balaban J connectivity index is 1.75. The van der Waals surface area contributed by atoms with Crippen LogP contribution >= 0.6 is 0 Å². The van der Waals surface area contributed by atoms with Crippen molar-refractivity contribution in [2.75, 3.05) is 25.7 Å². The number of aromatic nitrogens is 1. The van der Waals surface area contributed by atoms with E-state index in [4.69, 9.17) is 14.5 Å². The number of fused-ring (bicyclic) bond motifs is 2. The van der Waals surface area contributed by atoms with E-state index in [1.165, 1.54) is 0 Å². The molecule has 0 saturated carbocycles. The lowest BCUT2D eigenvalue weighted by Crippen LogP contribution is -2.29. The lowest BCUT2D eigenvalue weighted by atomic mass is 10.1. The first kappa shape index (κ1) is 15.4. The predicted molar refractivity (Wildman–Crippen MR) is 96.7 cm³/mol. The first-order chi connectivity index (χ1) is 12.2. The second-order valence-electron chi connectivity index (χ2n) is 5.94. The predicted octanol–water partition coefficient (Wildman–Crippen LogP) is 3.45. The zero-order valence-corrected chi connectivity index (χ0v) is 14.2. The first-order valence-electron chi connectivity index (χ1n) is 8.14. The summed E-state index contributed by atoms with van der Waals surface area (Å²) in [7, 11) is 3.24. The number of amides is 1. The largest absolute Gasteiger partial charge is 0.497 e. The SMILES string of the molecule is COc1ccc(C(=O)N2CCc3cc4cccc(OC)c4nc32)cc1. The Bertz CT molecular complexity index is 951. The highest BCUT2D eigenvalue weighted by atomic mass is 16.5. The molecule has 0 atom stereocenters. The van der Waals surface area contributed by atoms with E-state index in [0.29, 0.717) is 17.9 Å². The van der Waals surface area contributed by atoms with Gasteiger partial charge in [-0.05, 0) is 48.4 Å². The second kappa shape index (κ2) is 6.09. The smallest absolute Gasteiger partial charge is 0.259 e. The molecule has 0 aliphatic carbocycles. The van der Waals surface area contributed by atoms with Gasteiger partial charge in [0.2, 0.25) is 0 Å². The Morgan fingerprint density at radius 1 is 1.08 bits per heavy atom. The molecule has 5 heteroatoms. The van der Waals surface area contributed by atoms with E-state index >= 15 is 0 Å². The van der Waals surface area contributed by atoms with Crippen LogP contribution in [0, 0.1) is 0 Å². The van der Waals surface area contributed by atoms with E-state index in [2.05, 4.69) is 6.07 Å². The molecule has 5 nitrogen and oxygen atoms in total. The van der Waals surface area contributed by atoms with Gasteiger partial charge in [-0.1, -0.05) is 12.1 Å². The number of pyridine rings is 1. The molecule has 2 heterocycles. The molecule has 3 aromatic rings. The highest BCUT2D eigenvalue weighted by molar-refractivity contribution is 6.07. The van der Waals surface area contributed by atoms with Crippen LogP contribution < -0.4 is 14.4 Å². The molecule has 0 unspecified atom stereocenters. The van der Waals surface area contributed by atoms with Gasteiger partial charge in [-0.15, -0.1) is 0 Å². The zero-order valence-electron chi connectivity index (χ0n) is 14.2. The van der Waals surface area contributed by atoms with E-state index in [1.807, 2.05) is 18.2 Å². The maximum Gasteiger partial charge on any atom is 0.259 e. The highest BCUT2D eigenvalue weighted by Gasteiger charge is 2.28. The molecular formula is C20H18N2O3. The lowest BCUT2D eigenvalue weighted by molar-refractivity contribution is 0.0988. The maximum absolute atomic E-state index is 12.9. The number of anilines is 1. The Labute approximate surface area is 145 Å². The van der Waals surface area contributed by atoms with Crippen molar-refractivity contribution in [3.63, 3.8) is 0 Å². The minimum absolute atomic E-state index is 0.0526. The van der Waals surface area contributed by atoms with Gasteiger partial charge in [0.15, 0.2) is 0 Å². The number of ether oxygens (including phenoxy) is 2. The normalized spacial score (nSPS) is 13.0. The second-order valence-corrected chi connectivity index (χ2v) is 5.94. The number of carbonyl (C=O) groups excluding carboxylic acids is 1. The molecule has 0 spiro atoms. The molecule has 25 heavy (non-hydrogen) atoms. The topological polar surface area (TPSA) is 51.7 Å².